The van der Waals surface area contributed by atoms with Gasteiger partial charge in [-0.3, -0.25) is 9.59 Å². The topological polar surface area (TPSA) is 69.6 Å². The van der Waals surface area contributed by atoms with E-state index in [1.165, 1.54) is 18.4 Å². The third-order valence-corrected chi connectivity index (χ3v) is 5.97. The van der Waals surface area contributed by atoms with Crippen molar-refractivity contribution < 1.29 is 9.59 Å². The van der Waals surface area contributed by atoms with Crippen molar-refractivity contribution in [3.05, 3.63) is 48.3 Å². The van der Waals surface area contributed by atoms with E-state index in [0.29, 0.717) is 45.1 Å². The Labute approximate surface area is 177 Å². The van der Waals surface area contributed by atoms with Crippen LogP contribution in [-0.4, -0.2) is 59.4 Å². The first-order valence-corrected chi connectivity index (χ1v) is 10.9. The number of carbonyl (C=O) groups is 2. The molecule has 0 N–H and O–H groups in total. The zero-order valence-corrected chi connectivity index (χ0v) is 17.5. The Morgan fingerprint density at radius 1 is 1.07 bits per heavy atom. The Hall–Kier alpha value is -2.96. The van der Waals surface area contributed by atoms with Gasteiger partial charge in [-0.25, -0.2) is 9.97 Å². The molecule has 2 fully saturated rings. The van der Waals surface area contributed by atoms with E-state index >= 15 is 0 Å². The molecule has 2 aliphatic rings. The lowest BCUT2D eigenvalue weighted by Crippen LogP contribution is -2.51. The average molecular weight is 408 g/mol. The van der Waals surface area contributed by atoms with Crippen LogP contribution in [0.1, 0.15) is 31.7 Å². The van der Waals surface area contributed by atoms with Crippen LogP contribution in [0.2, 0.25) is 0 Å². The Morgan fingerprint density at radius 2 is 1.77 bits per heavy atom. The molecule has 1 aromatic heterocycles. The minimum Gasteiger partial charge on any atom is -0.339 e. The van der Waals surface area contributed by atoms with E-state index in [1.54, 1.807) is 23.4 Å². The zero-order valence-electron chi connectivity index (χ0n) is 17.5. The summed E-state index contributed by atoms with van der Waals surface area (Å²) in [5, 5.41) is 0. The van der Waals surface area contributed by atoms with Gasteiger partial charge < -0.3 is 14.7 Å². The van der Waals surface area contributed by atoms with Gasteiger partial charge in [0.25, 0.3) is 0 Å². The summed E-state index contributed by atoms with van der Waals surface area (Å²) >= 11 is 0. The van der Waals surface area contributed by atoms with Gasteiger partial charge in [-0.2, -0.15) is 0 Å². The molecule has 158 valence electrons. The fraction of sp³-hybridized carbons (Fsp3) is 0.478. The highest BCUT2D eigenvalue weighted by Gasteiger charge is 2.38. The normalized spacial score (nSPS) is 19.4. The molecule has 1 atom stereocenters. The number of hydrogen-bond acceptors (Lipinski definition) is 5. The maximum Gasteiger partial charge on any atom is 0.228 e. The van der Waals surface area contributed by atoms with Crippen LogP contribution >= 0.6 is 0 Å². The van der Waals surface area contributed by atoms with Gasteiger partial charge in [0.2, 0.25) is 17.8 Å². The van der Waals surface area contributed by atoms with Gasteiger partial charge in [0.05, 0.1) is 5.92 Å². The molecule has 0 aliphatic carbocycles. The smallest absolute Gasteiger partial charge is 0.228 e. The summed E-state index contributed by atoms with van der Waals surface area (Å²) in [6.07, 6.45) is 7.15. The first-order chi connectivity index (χ1) is 14.7. The lowest BCUT2D eigenvalue weighted by molar-refractivity contribution is -0.136. The van der Waals surface area contributed by atoms with E-state index in [-0.39, 0.29) is 17.7 Å². The third kappa shape index (κ3) is 4.45. The summed E-state index contributed by atoms with van der Waals surface area (Å²) in [5.41, 5.74) is 2.18. The first kappa shape index (κ1) is 20.3. The largest absolute Gasteiger partial charge is 0.339 e. The fourth-order valence-electron chi connectivity index (χ4n) is 4.19. The number of aryl methyl sites for hydroxylation is 1. The van der Waals surface area contributed by atoms with Gasteiger partial charge in [-0.15, -0.1) is 0 Å². The van der Waals surface area contributed by atoms with Crippen LogP contribution in [0.15, 0.2) is 42.7 Å². The lowest BCUT2D eigenvalue weighted by Gasteiger charge is -2.35. The SMILES string of the molecule is CCCCc1ccc(N2C[C@H](C(=O)N3CCN(c4ncccn4)CC3)CC2=O)cc1. The summed E-state index contributed by atoms with van der Waals surface area (Å²) in [5.74, 6) is 0.552. The summed E-state index contributed by atoms with van der Waals surface area (Å²) < 4.78 is 0. The molecule has 7 nitrogen and oxygen atoms in total. The van der Waals surface area contributed by atoms with Crippen molar-refractivity contribution in [2.75, 3.05) is 42.5 Å². The Kier molecular flexibility index (Phi) is 6.26. The van der Waals surface area contributed by atoms with Crippen LogP contribution in [0.4, 0.5) is 11.6 Å². The summed E-state index contributed by atoms with van der Waals surface area (Å²) in [6, 6.07) is 10.0. The number of hydrogen-bond donors (Lipinski definition) is 0. The predicted molar refractivity (Wildman–Crippen MR) is 116 cm³/mol. The molecule has 0 bridgehead atoms. The molecule has 2 saturated heterocycles. The Balaban J connectivity index is 1.33. The molecule has 2 aromatic rings. The van der Waals surface area contributed by atoms with Crippen LogP contribution in [0.3, 0.4) is 0 Å². The van der Waals surface area contributed by atoms with E-state index in [9.17, 15) is 9.59 Å². The molecule has 0 unspecified atom stereocenters. The second kappa shape index (κ2) is 9.24. The Morgan fingerprint density at radius 3 is 2.43 bits per heavy atom. The monoisotopic (exact) mass is 407 g/mol. The first-order valence-electron chi connectivity index (χ1n) is 10.9. The van der Waals surface area contributed by atoms with Crippen molar-refractivity contribution in [1.29, 1.82) is 0 Å². The van der Waals surface area contributed by atoms with Crippen molar-refractivity contribution >= 4 is 23.5 Å². The molecule has 0 radical (unpaired) electrons. The van der Waals surface area contributed by atoms with E-state index < -0.39 is 0 Å². The van der Waals surface area contributed by atoms with Crippen LogP contribution < -0.4 is 9.80 Å². The number of carbonyl (C=O) groups excluding carboxylic acids is 2. The van der Waals surface area contributed by atoms with Gasteiger partial charge in [0.15, 0.2) is 0 Å². The number of aromatic nitrogens is 2. The van der Waals surface area contributed by atoms with Crippen LogP contribution in [-0.2, 0) is 16.0 Å². The number of amides is 2. The summed E-state index contributed by atoms with van der Waals surface area (Å²) in [6.45, 7) is 5.33. The minimum absolute atomic E-state index is 0.0333. The van der Waals surface area contributed by atoms with Crippen molar-refractivity contribution in [2.45, 2.75) is 32.6 Å². The molecule has 4 rings (SSSR count). The standard InChI is InChI=1S/C23H29N5O2/c1-2-3-5-18-6-8-20(9-7-18)28-17-19(16-21(28)29)22(30)26-12-14-27(15-13-26)23-24-10-4-11-25-23/h4,6-11,19H,2-3,5,12-17H2,1H3/t19-/m1/s1. The van der Waals surface area contributed by atoms with Gasteiger partial charge in [-0.1, -0.05) is 25.5 Å². The van der Waals surface area contributed by atoms with Crippen LogP contribution in [0, 0.1) is 5.92 Å². The molecule has 1 aromatic carbocycles. The second-order valence-corrected chi connectivity index (χ2v) is 8.04. The summed E-state index contributed by atoms with van der Waals surface area (Å²) in [7, 11) is 0. The molecule has 0 saturated carbocycles. The van der Waals surface area contributed by atoms with Gasteiger partial charge in [0, 0.05) is 57.2 Å². The third-order valence-electron chi connectivity index (χ3n) is 5.97. The van der Waals surface area contributed by atoms with Crippen LogP contribution in [0.25, 0.3) is 0 Å². The quantitative estimate of drug-likeness (QED) is 0.736. The predicted octanol–water partition coefficient (Wildman–Crippen LogP) is 2.52. The van der Waals surface area contributed by atoms with Gasteiger partial charge in [-0.05, 0) is 36.6 Å². The molecular formula is C23H29N5O2. The van der Waals surface area contributed by atoms with Gasteiger partial charge >= 0.3 is 0 Å². The maximum absolute atomic E-state index is 13.0. The second-order valence-electron chi connectivity index (χ2n) is 8.04. The number of anilines is 2. The molecule has 2 amide bonds. The van der Waals surface area contributed by atoms with E-state index in [2.05, 4.69) is 33.9 Å². The Bertz CT molecular complexity index is 863. The zero-order chi connectivity index (χ0) is 20.9. The fourth-order valence-corrected chi connectivity index (χ4v) is 4.19. The molecule has 3 heterocycles. The van der Waals surface area contributed by atoms with Crippen LogP contribution in [0.5, 0.6) is 0 Å². The lowest BCUT2D eigenvalue weighted by atomic mass is 10.1. The van der Waals surface area contributed by atoms with E-state index in [1.807, 2.05) is 17.0 Å². The number of piperazine rings is 1. The number of rotatable bonds is 6. The maximum atomic E-state index is 13.0. The van der Waals surface area contributed by atoms with E-state index in [0.717, 1.165) is 12.1 Å². The van der Waals surface area contributed by atoms with Gasteiger partial charge in [0.1, 0.15) is 0 Å². The minimum atomic E-state index is -0.267. The van der Waals surface area contributed by atoms with Crippen molar-refractivity contribution in [3.8, 4) is 0 Å². The number of benzene rings is 1. The molecule has 30 heavy (non-hydrogen) atoms. The highest BCUT2D eigenvalue weighted by atomic mass is 16.2. The van der Waals surface area contributed by atoms with E-state index in [4.69, 9.17) is 0 Å². The molecule has 0 spiro atoms. The van der Waals surface area contributed by atoms with Crippen molar-refractivity contribution in [2.24, 2.45) is 5.92 Å². The van der Waals surface area contributed by atoms with Crippen molar-refractivity contribution in [3.63, 3.8) is 0 Å². The summed E-state index contributed by atoms with van der Waals surface area (Å²) in [4.78, 5) is 39.9. The number of nitrogens with zero attached hydrogens (tertiary/aromatic N) is 5. The average Bonchev–Trinajstić information content (AvgIpc) is 3.20. The molecule has 2 aliphatic heterocycles. The highest BCUT2D eigenvalue weighted by Crippen LogP contribution is 2.27. The molecular weight excluding hydrogens is 378 g/mol. The molecule has 7 heteroatoms. The van der Waals surface area contributed by atoms with Crippen molar-refractivity contribution in [1.82, 2.24) is 14.9 Å². The number of unbranched alkanes of at least 4 members (excludes halogenated alkanes) is 1. The highest BCUT2D eigenvalue weighted by molar-refractivity contribution is 6.00.